The summed E-state index contributed by atoms with van der Waals surface area (Å²) in [6, 6.07) is -0.191. The molecular formula is C13H24N2O2. The highest BCUT2D eigenvalue weighted by Crippen LogP contribution is 2.38. The van der Waals surface area contributed by atoms with Crippen molar-refractivity contribution in [1.82, 2.24) is 5.32 Å². The monoisotopic (exact) mass is 240 g/mol. The third-order valence-electron chi connectivity index (χ3n) is 3.61. The molecule has 1 heterocycles. The topological polar surface area (TPSA) is 64.4 Å². The average molecular weight is 240 g/mol. The molecule has 2 rings (SSSR count). The van der Waals surface area contributed by atoms with Crippen LogP contribution in [0.15, 0.2) is 0 Å². The molecule has 0 radical (unpaired) electrons. The van der Waals surface area contributed by atoms with Gasteiger partial charge in [0.1, 0.15) is 0 Å². The van der Waals surface area contributed by atoms with Crippen LogP contribution >= 0.6 is 0 Å². The second kappa shape index (κ2) is 5.36. The van der Waals surface area contributed by atoms with E-state index in [4.69, 9.17) is 10.5 Å². The predicted molar refractivity (Wildman–Crippen MR) is 66.4 cm³/mol. The zero-order valence-electron chi connectivity index (χ0n) is 10.8. The van der Waals surface area contributed by atoms with Crippen molar-refractivity contribution in [3.63, 3.8) is 0 Å². The van der Waals surface area contributed by atoms with Gasteiger partial charge in [0.05, 0.1) is 18.2 Å². The first-order valence-electron chi connectivity index (χ1n) is 6.75. The Balaban J connectivity index is 1.80. The first-order chi connectivity index (χ1) is 8.08. The minimum Gasteiger partial charge on any atom is -0.376 e. The largest absolute Gasteiger partial charge is 0.376 e. The molecule has 0 aromatic rings. The van der Waals surface area contributed by atoms with Gasteiger partial charge in [-0.05, 0) is 37.5 Å². The number of amides is 1. The van der Waals surface area contributed by atoms with Gasteiger partial charge in [-0.3, -0.25) is 4.79 Å². The van der Waals surface area contributed by atoms with Gasteiger partial charge in [0.2, 0.25) is 5.91 Å². The summed E-state index contributed by atoms with van der Waals surface area (Å²) in [5, 5.41) is 3.07. The Hall–Kier alpha value is -0.610. The molecule has 2 aliphatic rings. The molecular weight excluding hydrogens is 216 g/mol. The van der Waals surface area contributed by atoms with E-state index in [0.29, 0.717) is 11.8 Å². The average Bonchev–Trinajstić information content (AvgIpc) is 2.99. The highest BCUT2D eigenvalue weighted by molar-refractivity contribution is 5.81. The lowest BCUT2D eigenvalue weighted by atomic mass is 10.0. The molecule has 3 atom stereocenters. The third-order valence-corrected chi connectivity index (χ3v) is 3.61. The van der Waals surface area contributed by atoms with Gasteiger partial charge in [-0.2, -0.15) is 0 Å². The molecule has 0 aromatic heterocycles. The Labute approximate surface area is 103 Å². The van der Waals surface area contributed by atoms with E-state index in [-0.39, 0.29) is 24.1 Å². The maximum Gasteiger partial charge on any atom is 0.237 e. The van der Waals surface area contributed by atoms with Crippen LogP contribution in [0.1, 0.15) is 39.5 Å². The lowest BCUT2D eigenvalue weighted by molar-refractivity contribution is -0.123. The van der Waals surface area contributed by atoms with Crippen LogP contribution in [0.5, 0.6) is 0 Å². The molecule has 1 saturated heterocycles. The van der Waals surface area contributed by atoms with E-state index >= 15 is 0 Å². The summed E-state index contributed by atoms with van der Waals surface area (Å²) in [7, 11) is 0. The number of ether oxygens (including phenoxy) is 1. The van der Waals surface area contributed by atoms with Gasteiger partial charge in [-0.15, -0.1) is 0 Å². The summed E-state index contributed by atoms with van der Waals surface area (Å²) in [4.78, 5) is 11.9. The van der Waals surface area contributed by atoms with Crippen molar-refractivity contribution in [3.05, 3.63) is 0 Å². The number of hydrogen-bond acceptors (Lipinski definition) is 3. The van der Waals surface area contributed by atoms with Crippen LogP contribution < -0.4 is 11.1 Å². The van der Waals surface area contributed by atoms with Crippen molar-refractivity contribution in [2.45, 2.75) is 57.7 Å². The molecule has 2 unspecified atom stereocenters. The number of carbonyl (C=O) groups is 1. The summed E-state index contributed by atoms with van der Waals surface area (Å²) in [5.74, 6) is 1.11. The van der Waals surface area contributed by atoms with Crippen molar-refractivity contribution in [3.8, 4) is 0 Å². The van der Waals surface area contributed by atoms with E-state index in [1.165, 1.54) is 12.8 Å². The number of rotatable bonds is 5. The SMILES string of the molecule is CC(C)C[C@@H](N)C(=O)NC1CCOC1C1CC1. The molecule has 1 aliphatic heterocycles. The van der Waals surface area contributed by atoms with Crippen molar-refractivity contribution in [1.29, 1.82) is 0 Å². The van der Waals surface area contributed by atoms with Crippen LogP contribution in [0.4, 0.5) is 0 Å². The minimum atomic E-state index is -0.379. The maximum absolute atomic E-state index is 11.9. The van der Waals surface area contributed by atoms with Crippen LogP contribution in [0.2, 0.25) is 0 Å². The number of carbonyl (C=O) groups excluding carboxylic acids is 1. The second-order valence-electron chi connectivity index (χ2n) is 5.81. The summed E-state index contributed by atoms with van der Waals surface area (Å²) in [6.07, 6.45) is 4.41. The molecule has 1 aliphatic carbocycles. The normalized spacial score (nSPS) is 30.6. The van der Waals surface area contributed by atoms with E-state index in [0.717, 1.165) is 19.4 Å². The Morgan fingerprint density at radius 2 is 2.12 bits per heavy atom. The quantitative estimate of drug-likeness (QED) is 0.755. The molecule has 4 heteroatoms. The Morgan fingerprint density at radius 3 is 2.71 bits per heavy atom. The molecule has 17 heavy (non-hydrogen) atoms. The molecule has 1 saturated carbocycles. The van der Waals surface area contributed by atoms with Crippen LogP contribution in [-0.2, 0) is 9.53 Å². The van der Waals surface area contributed by atoms with Gasteiger partial charge in [0, 0.05) is 6.61 Å². The van der Waals surface area contributed by atoms with Gasteiger partial charge in [0.25, 0.3) is 0 Å². The standard InChI is InChI=1S/C13H24N2O2/c1-8(2)7-10(14)13(16)15-11-5-6-17-12(11)9-3-4-9/h8-12H,3-7,14H2,1-2H3,(H,15,16)/t10-,11?,12?/m1/s1. The second-order valence-corrected chi connectivity index (χ2v) is 5.81. The van der Waals surface area contributed by atoms with Gasteiger partial charge in [-0.1, -0.05) is 13.8 Å². The van der Waals surface area contributed by atoms with E-state index in [1.54, 1.807) is 0 Å². The predicted octanol–water partition coefficient (Wildman–Crippen LogP) is 1.04. The third kappa shape index (κ3) is 3.42. The molecule has 3 N–H and O–H groups in total. The fourth-order valence-corrected chi connectivity index (χ4v) is 2.56. The number of nitrogens with two attached hydrogens (primary N) is 1. The first-order valence-corrected chi connectivity index (χ1v) is 6.75. The fraction of sp³-hybridized carbons (Fsp3) is 0.923. The summed E-state index contributed by atoms with van der Waals surface area (Å²) in [5.41, 5.74) is 5.88. The lowest BCUT2D eigenvalue weighted by Gasteiger charge is -2.22. The number of nitrogens with one attached hydrogen (secondary N) is 1. The van der Waals surface area contributed by atoms with E-state index < -0.39 is 0 Å². The van der Waals surface area contributed by atoms with Crippen LogP contribution in [0, 0.1) is 11.8 Å². The molecule has 1 amide bonds. The molecule has 0 aromatic carbocycles. The maximum atomic E-state index is 11.9. The fourth-order valence-electron chi connectivity index (χ4n) is 2.56. The summed E-state index contributed by atoms with van der Waals surface area (Å²) >= 11 is 0. The van der Waals surface area contributed by atoms with Crippen LogP contribution in [-0.4, -0.2) is 30.7 Å². The van der Waals surface area contributed by atoms with Gasteiger partial charge >= 0.3 is 0 Å². The van der Waals surface area contributed by atoms with Gasteiger partial charge < -0.3 is 15.8 Å². The van der Waals surface area contributed by atoms with Crippen molar-refractivity contribution in [2.24, 2.45) is 17.6 Å². The lowest BCUT2D eigenvalue weighted by Crippen LogP contribution is -2.49. The van der Waals surface area contributed by atoms with Crippen molar-refractivity contribution >= 4 is 5.91 Å². The van der Waals surface area contributed by atoms with Crippen LogP contribution in [0.25, 0.3) is 0 Å². The van der Waals surface area contributed by atoms with Gasteiger partial charge in [0.15, 0.2) is 0 Å². The Morgan fingerprint density at radius 1 is 1.41 bits per heavy atom. The molecule has 0 spiro atoms. The summed E-state index contributed by atoms with van der Waals surface area (Å²) in [6.45, 7) is 4.93. The van der Waals surface area contributed by atoms with Crippen molar-refractivity contribution < 1.29 is 9.53 Å². The van der Waals surface area contributed by atoms with Gasteiger partial charge in [-0.25, -0.2) is 0 Å². The first kappa shape index (κ1) is 12.8. The van der Waals surface area contributed by atoms with E-state index in [9.17, 15) is 4.79 Å². The Bertz CT molecular complexity index is 277. The molecule has 4 nitrogen and oxygen atoms in total. The molecule has 2 fully saturated rings. The smallest absolute Gasteiger partial charge is 0.237 e. The summed E-state index contributed by atoms with van der Waals surface area (Å²) < 4.78 is 5.70. The molecule has 98 valence electrons. The molecule has 0 bridgehead atoms. The minimum absolute atomic E-state index is 0.0140. The Kier molecular flexibility index (Phi) is 4.05. The number of hydrogen-bond donors (Lipinski definition) is 2. The highest BCUT2D eigenvalue weighted by atomic mass is 16.5. The van der Waals surface area contributed by atoms with E-state index in [1.807, 2.05) is 0 Å². The zero-order valence-corrected chi connectivity index (χ0v) is 10.8. The van der Waals surface area contributed by atoms with Crippen molar-refractivity contribution in [2.75, 3.05) is 6.61 Å². The highest BCUT2D eigenvalue weighted by Gasteiger charge is 2.41. The van der Waals surface area contributed by atoms with Crippen LogP contribution in [0.3, 0.4) is 0 Å². The zero-order chi connectivity index (χ0) is 12.4. The van der Waals surface area contributed by atoms with E-state index in [2.05, 4.69) is 19.2 Å².